The SMILES string of the molecule is CCOC(=O)c1n[nH]nc1-c1cc(F)c(O)c(F)c1O. The van der Waals surface area contributed by atoms with Crippen LogP contribution in [0.15, 0.2) is 6.07 Å². The Labute approximate surface area is 110 Å². The van der Waals surface area contributed by atoms with Gasteiger partial charge in [0.1, 0.15) is 5.69 Å². The second-order valence-electron chi connectivity index (χ2n) is 3.66. The molecule has 1 heterocycles. The molecule has 2 rings (SSSR count). The smallest absolute Gasteiger partial charge is 0.361 e. The summed E-state index contributed by atoms with van der Waals surface area (Å²) < 4.78 is 31.4. The summed E-state index contributed by atoms with van der Waals surface area (Å²) in [7, 11) is 0. The minimum Gasteiger partial charge on any atom is -0.504 e. The minimum atomic E-state index is -1.56. The first-order valence-corrected chi connectivity index (χ1v) is 5.45. The Morgan fingerprint density at radius 3 is 2.70 bits per heavy atom. The van der Waals surface area contributed by atoms with Crippen LogP contribution in [-0.4, -0.2) is 38.2 Å². The topological polar surface area (TPSA) is 108 Å². The van der Waals surface area contributed by atoms with Gasteiger partial charge in [0.25, 0.3) is 0 Å². The quantitative estimate of drug-likeness (QED) is 0.734. The molecule has 0 spiro atoms. The first-order chi connectivity index (χ1) is 9.47. The van der Waals surface area contributed by atoms with E-state index < -0.39 is 34.7 Å². The van der Waals surface area contributed by atoms with E-state index in [0.29, 0.717) is 6.07 Å². The van der Waals surface area contributed by atoms with Crippen molar-refractivity contribution < 1.29 is 28.5 Å². The fraction of sp³-hybridized carbons (Fsp3) is 0.182. The summed E-state index contributed by atoms with van der Waals surface area (Å²) in [6.07, 6.45) is 0. The van der Waals surface area contributed by atoms with Crippen molar-refractivity contribution in [3.63, 3.8) is 0 Å². The summed E-state index contributed by atoms with van der Waals surface area (Å²) in [4.78, 5) is 11.6. The first-order valence-electron chi connectivity index (χ1n) is 5.45. The number of rotatable bonds is 3. The second-order valence-corrected chi connectivity index (χ2v) is 3.66. The number of hydrogen-bond donors (Lipinski definition) is 3. The number of H-pyrrole nitrogens is 1. The van der Waals surface area contributed by atoms with E-state index in [-0.39, 0.29) is 18.0 Å². The Balaban J connectivity index is 2.59. The molecule has 20 heavy (non-hydrogen) atoms. The largest absolute Gasteiger partial charge is 0.504 e. The Bertz CT molecular complexity index is 672. The van der Waals surface area contributed by atoms with Gasteiger partial charge in [-0.1, -0.05) is 0 Å². The number of ether oxygens (including phenoxy) is 1. The number of aromatic hydroxyl groups is 2. The molecule has 7 nitrogen and oxygen atoms in total. The number of carbonyl (C=O) groups is 1. The molecule has 9 heteroatoms. The van der Waals surface area contributed by atoms with Gasteiger partial charge in [-0.15, -0.1) is 5.10 Å². The van der Waals surface area contributed by atoms with Gasteiger partial charge in [-0.2, -0.15) is 14.7 Å². The average Bonchev–Trinajstić information content (AvgIpc) is 2.90. The zero-order chi connectivity index (χ0) is 14.9. The van der Waals surface area contributed by atoms with Crippen molar-refractivity contribution in [2.45, 2.75) is 6.92 Å². The van der Waals surface area contributed by atoms with Crippen LogP contribution in [0.1, 0.15) is 17.4 Å². The fourth-order valence-corrected chi connectivity index (χ4v) is 1.54. The highest BCUT2D eigenvalue weighted by molar-refractivity contribution is 5.94. The van der Waals surface area contributed by atoms with Crippen LogP contribution in [0.4, 0.5) is 8.78 Å². The van der Waals surface area contributed by atoms with Gasteiger partial charge in [0.2, 0.25) is 5.82 Å². The van der Waals surface area contributed by atoms with Crippen molar-refractivity contribution in [1.82, 2.24) is 15.4 Å². The van der Waals surface area contributed by atoms with Crippen LogP contribution in [-0.2, 0) is 4.74 Å². The van der Waals surface area contributed by atoms with E-state index in [2.05, 4.69) is 15.4 Å². The fourth-order valence-electron chi connectivity index (χ4n) is 1.54. The molecule has 1 aromatic carbocycles. The third-order valence-corrected chi connectivity index (χ3v) is 2.44. The van der Waals surface area contributed by atoms with Crippen molar-refractivity contribution in [3.8, 4) is 22.8 Å². The first kappa shape index (κ1) is 13.7. The van der Waals surface area contributed by atoms with Crippen LogP contribution in [0, 0.1) is 11.6 Å². The highest BCUT2D eigenvalue weighted by atomic mass is 19.1. The van der Waals surface area contributed by atoms with Crippen molar-refractivity contribution in [1.29, 1.82) is 0 Å². The molecular formula is C11H9F2N3O4. The molecule has 0 aliphatic heterocycles. The molecule has 2 aromatic rings. The summed E-state index contributed by atoms with van der Waals surface area (Å²) in [5, 5.41) is 27.8. The molecule has 0 unspecified atom stereocenters. The number of nitrogens with zero attached hydrogens (tertiary/aromatic N) is 2. The number of aromatic amines is 1. The number of aromatic nitrogens is 3. The molecule has 106 valence electrons. The third kappa shape index (κ3) is 2.13. The lowest BCUT2D eigenvalue weighted by atomic mass is 10.1. The average molecular weight is 285 g/mol. The number of esters is 1. The van der Waals surface area contributed by atoms with Gasteiger partial charge in [-0.3, -0.25) is 0 Å². The Kier molecular flexibility index (Phi) is 3.51. The molecule has 1 aromatic heterocycles. The monoisotopic (exact) mass is 285 g/mol. The molecule has 0 saturated heterocycles. The standard InChI is InChI=1S/C11H9F2N3O4/c1-2-20-11(19)8-7(14-16-15-8)4-3-5(12)10(18)6(13)9(4)17/h3,17-18H,2H2,1H3,(H,14,15,16). The normalized spacial score (nSPS) is 10.6. The van der Waals surface area contributed by atoms with Crippen LogP contribution in [0.3, 0.4) is 0 Å². The van der Waals surface area contributed by atoms with Gasteiger partial charge in [-0.25, -0.2) is 9.18 Å². The summed E-state index contributed by atoms with van der Waals surface area (Å²) in [5.74, 6) is -6.12. The Hall–Kier alpha value is -2.71. The van der Waals surface area contributed by atoms with E-state index in [0.717, 1.165) is 0 Å². The molecule has 0 aliphatic rings. The predicted octanol–water partition coefficient (Wildman–Crippen LogP) is 1.34. The number of carbonyl (C=O) groups excluding carboxylic acids is 1. The maximum absolute atomic E-state index is 13.4. The Morgan fingerprint density at radius 1 is 1.35 bits per heavy atom. The minimum absolute atomic E-state index is 0.0649. The molecule has 0 amide bonds. The summed E-state index contributed by atoms with van der Waals surface area (Å²) in [5.41, 5.74) is -1.07. The van der Waals surface area contributed by atoms with Crippen LogP contribution in [0.25, 0.3) is 11.3 Å². The number of hydrogen-bond acceptors (Lipinski definition) is 6. The Morgan fingerprint density at radius 2 is 2.05 bits per heavy atom. The molecule has 0 aliphatic carbocycles. The van der Waals surface area contributed by atoms with Gasteiger partial charge >= 0.3 is 5.97 Å². The van der Waals surface area contributed by atoms with E-state index in [1.807, 2.05) is 0 Å². The summed E-state index contributed by atoms with van der Waals surface area (Å²) in [6, 6.07) is 0.633. The van der Waals surface area contributed by atoms with E-state index >= 15 is 0 Å². The number of nitrogens with one attached hydrogen (secondary N) is 1. The molecule has 0 radical (unpaired) electrons. The van der Waals surface area contributed by atoms with Crippen LogP contribution < -0.4 is 0 Å². The summed E-state index contributed by atoms with van der Waals surface area (Å²) in [6.45, 7) is 1.63. The lowest BCUT2D eigenvalue weighted by Crippen LogP contribution is -2.07. The van der Waals surface area contributed by atoms with Gasteiger partial charge < -0.3 is 14.9 Å². The van der Waals surface area contributed by atoms with Crippen molar-refractivity contribution in [3.05, 3.63) is 23.4 Å². The van der Waals surface area contributed by atoms with Crippen molar-refractivity contribution >= 4 is 5.97 Å². The second kappa shape index (κ2) is 5.11. The van der Waals surface area contributed by atoms with Crippen LogP contribution in [0.5, 0.6) is 11.5 Å². The van der Waals surface area contributed by atoms with Gasteiger partial charge in [0.05, 0.1) is 12.2 Å². The lowest BCUT2D eigenvalue weighted by Gasteiger charge is -2.06. The number of phenolic OH excluding ortho intramolecular Hbond substituents is 2. The molecule has 0 saturated carbocycles. The predicted molar refractivity (Wildman–Crippen MR) is 61.0 cm³/mol. The molecular weight excluding hydrogens is 276 g/mol. The van der Waals surface area contributed by atoms with Crippen molar-refractivity contribution in [2.24, 2.45) is 0 Å². The van der Waals surface area contributed by atoms with E-state index in [4.69, 9.17) is 9.84 Å². The van der Waals surface area contributed by atoms with E-state index in [9.17, 15) is 18.7 Å². The van der Waals surface area contributed by atoms with Crippen LogP contribution in [0.2, 0.25) is 0 Å². The molecule has 0 bridgehead atoms. The highest BCUT2D eigenvalue weighted by Crippen LogP contribution is 2.37. The van der Waals surface area contributed by atoms with E-state index in [1.54, 1.807) is 6.92 Å². The zero-order valence-corrected chi connectivity index (χ0v) is 10.1. The van der Waals surface area contributed by atoms with Gasteiger partial charge in [0, 0.05) is 0 Å². The number of halogens is 2. The van der Waals surface area contributed by atoms with E-state index in [1.165, 1.54) is 0 Å². The summed E-state index contributed by atoms with van der Waals surface area (Å²) >= 11 is 0. The highest BCUT2D eigenvalue weighted by Gasteiger charge is 2.25. The number of phenols is 2. The maximum Gasteiger partial charge on any atom is 0.361 e. The molecule has 3 N–H and O–H groups in total. The molecule has 0 atom stereocenters. The van der Waals surface area contributed by atoms with Gasteiger partial charge in [-0.05, 0) is 13.0 Å². The van der Waals surface area contributed by atoms with Gasteiger partial charge in [0.15, 0.2) is 23.0 Å². The van der Waals surface area contributed by atoms with Crippen LogP contribution >= 0.6 is 0 Å². The lowest BCUT2D eigenvalue weighted by molar-refractivity contribution is 0.0520. The van der Waals surface area contributed by atoms with Crippen molar-refractivity contribution in [2.75, 3.05) is 6.61 Å². The number of benzene rings is 1. The zero-order valence-electron chi connectivity index (χ0n) is 10.1. The molecule has 0 fully saturated rings. The maximum atomic E-state index is 13.4. The third-order valence-electron chi connectivity index (χ3n) is 2.44.